The van der Waals surface area contributed by atoms with E-state index in [1.165, 1.54) is 24.3 Å². The zero-order valence-electron chi connectivity index (χ0n) is 11.2. The van der Waals surface area contributed by atoms with Gasteiger partial charge in [0.15, 0.2) is 5.82 Å². The minimum Gasteiger partial charge on any atom is -0.368 e. The fourth-order valence-corrected chi connectivity index (χ4v) is 2.04. The molecule has 2 N–H and O–H groups in total. The first-order chi connectivity index (χ1) is 10.5. The smallest absolute Gasteiger partial charge is 0.281 e. The van der Waals surface area contributed by atoms with Gasteiger partial charge in [0.2, 0.25) is 5.95 Å². The summed E-state index contributed by atoms with van der Waals surface area (Å²) in [5.74, 6) is -0.640. The van der Waals surface area contributed by atoms with Crippen LogP contribution in [0.15, 0.2) is 48.5 Å². The van der Waals surface area contributed by atoms with Crippen LogP contribution in [-0.4, -0.2) is 20.7 Å². The molecule has 0 fully saturated rings. The molecule has 0 bridgehead atoms. The normalized spacial score (nSPS) is 10.6. The zero-order chi connectivity index (χ0) is 15.7. The predicted molar refractivity (Wildman–Crippen MR) is 81.0 cm³/mol. The highest BCUT2D eigenvalue weighted by Crippen LogP contribution is 2.20. The molecule has 22 heavy (non-hydrogen) atoms. The van der Waals surface area contributed by atoms with Gasteiger partial charge in [-0.1, -0.05) is 11.6 Å². The number of carbonyl (C=O) groups is 1. The van der Waals surface area contributed by atoms with Crippen molar-refractivity contribution >= 4 is 23.5 Å². The number of nitrogen functional groups attached to an aromatic ring is 1. The fraction of sp³-hybridized carbons (Fsp3) is 0. The van der Waals surface area contributed by atoms with E-state index < -0.39 is 11.7 Å². The van der Waals surface area contributed by atoms with Gasteiger partial charge in [-0.2, -0.15) is 9.67 Å². The molecular weight excluding hydrogens is 307 g/mol. The predicted octanol–water partition coefficient (Wildman–Crippen LogP) is 3.01. The molecule has 1 heterocycles. The maximum atomic E-state index is 12.9. The first-order valence-corrected chi connectivity index (χ1v) is 6.71. The average molecular weight is 317 g/mol. The Morgan fingerprint density at radius 2 is 1.73 bits per heavy atom. The lowest BCUT2D eigenvalue weighted by atomic mass is 10.2. The highest BCUT2D eigenvalue weighted by Gasteiger charge is 2.16. The molecule has 0 aliphatic carbocycles. The van der Waals surface area contributed by atoms with Crippen LogP contribution < -0.4 is 5.73 Å². The Labute approximate surface area is 130 Å². The van der Waals surface area contributed by atoms with Gasteiger partial charge in [0.1, 0.15) is 5.82 Å². The Morgan fingerprint density at radius 3 is 2.36 bits per heavy atom. The van der Waals surface area contributed by atoms with E-state index in [4.69, 9.17) is 17.3 Å². The van der Waals surface area contributed by atoms with E-state index in [-0.39, 0.29) is 11.5 Å². The van der Waals surface area contributed by atoms with Gasteiger partial charge in [0.25, 0.3) is 5.91 Å². The number of halogens is 2. The molecule has 0 aliphatic heterocycles. The largest absolute Gasteiger partial charge is 0.368 e. The van der Waals surface area contributed by atoms with Crippen LogP contribution in [0.1, 0.15) is 10.4 Å². The molecule has 7 heteroatoms. The van der Waals surface area contributed by atoms with Gasteiger partial charge >= 0.3 is 0 Å². The number of rotatable bonds is 2. The summed E-state index contributed by atoms with van der Waals surface area (Å²) >= 11 is 5.82. The van der Waals surface area contributed by atoms with Crippen molar-refractivity contribution in [3.05, 3.63) is 64.9 Å². The number of nitrogens with zero attached hydrogens (tertiary/aromatic N) is 3. The number of carbonyl (C=O) groups excluding carboxylic acids is 1. The van der Waals surface area contributed by atoms with Gasteiger partial charge in [0, 0.05) is 16.1 Å². The SMILES string of the molecule is Nc1nc(-c2ccc(Cl)cc2)nn1C(=O)c1ccc(F)cc1. The van der Waals surface area contributed by atoms with Crippen LogP contribution >= 0.6 is 11.6 Å². The molecule has 0 saturated carbocycles. The van der Waals surface area contributed by atoms with Crippen molar-refractivity contribution in [1.82, 2.24) is 14.8 Å². The van der Waals surface area contributed by atoms with E-state index in [1.807, 2.05) is 0 Å². The first kappa shape index (κ1) is 14.2. The molecule has 0 radical (unpaired) electrons. The number of benzene rings is 2. The van der Waals surface area contributed by atoms with Crippen molar-refractivity contribution in [2.24, 2.45) is 0 Å². The maximum Gasteiger partial charge on any atom is 0.281 e. The van der Waals surface area contributed by atoms with Crippen LogP contribution in [0.25, 0.3) is 11.4 Å². The van der Waals surface area contributed by atoms with E-state index in [9.17, 15) is 9.18 Å². The molecule has 0 aliphatic rings. The molecule has 3 aromatic rings. The van der Waals surface area contributed by atoms with Crippen molar-refractivity contribution in [1.29, 1.82) is 0 Å². The molecule has 1 aromatic heterocycles. The third-order valence-corrected chi connectivity index (χ3v) is 3.27. The van der Waals surface area contributed by atoms with E-state index >= 15 is 0 Å². The van der Waals surface area contributed by atoms with Crippen LogP contribution in [0.2, 0.25) is 5.02 Å². The number of hydrogen-bond donors (Lipinski definition) is 1. The van der Waals surface area contributed by atoms with Crippen molar-refractivity contribution in [3.63, 3.8) is 0 Å². The quantitative estimate of drug-likeness (QED) is 0.788. The summed E-state index contributed by atoms with van der Waals surface area (Å²) < 4.78 is 13.9. The molecule has 0 atom stereocenters. The van der Waals surface area contributed by atoms with Crippen LogP contribution in [0.4, 0.5) is 10.3 Å². The number of hydrogen-bond acceptors (Lipinski definition) is 4. The van der Waals surface area contributed by atoms with E-state index in [0.717, 1.165) is 4.68 Å². The Kier molecular flexibility index (Phi) is 3.60. The van der Waals surface area contributed by atoms with Crippen LogP contribution in [0.3, 0.4) is 0 Å². The summed E-state index contributed by atoms with van der Waals surface area (Å²) in [7, 11) is 0. The molecular formula is C15H10ClFN4O. The Bertz CT molecular complexity index is 828. The molecule has 2 aromatic carbocycles. The lowest BCUT2D eigenvalue weighted by molar-refractivity contribution is 0.0948. The second-order valence-electron chi connectivity index (χ2n) is 4.52. The van der Waals surface area contributed by atoms with Gasteiger partial charge in [-0.25, -0.2) is 4.39 Å². The maximum absolute atomic E-state index is 12.9. The lowest BCUT2D eigenvalue weighted by Gasteiger charge is -2.01. The number of anilines is 1. The summed E-state index contributed by atoms with van der Waals surface area (Å²) in [6.45, 7) is 0. The molecule has 5 nitrogen and oxygen atoms in total. The molecule has 0 amide bonds. The molecule has 0 saturated heterocycles. The van der Waals surface area contributed by atoms with E-state index in [1.54, 1.807) is 24.3 Å². The average Bonchev–Trinajstić information content (AvgIpc) is 2.90. The third kappa shape index (κ3) is 2.68. The summed E-state index contributed by atoms with van der Waals surface area (Å²) in [6.07, 6.45) is 0. The van der Waals surface area contributed by atoms with E-state index in [2.05, 4.69) is 10.1 Å². The second kappa shape index (κ2) is 5.57. The van der Waals surface area contributed by atoms with Gasteiger partial charge < -0.3 is 5.73 Å². The minimum absolute atomic E-state index is 0.0423. The topological polar surface area (TPSA) is 73.8 Å². The van der Waals surface area contributed by atoms with Crippen molar-refractivity contribution in [2.45, 2.75) is 0 Å². The standard InChI is InChI=1S/C15H10ClFN4O/c16-11-5-1-9(2-6-11)13-19-15(18)21(20-13)14(22)10-3-7-12(17)8-4-10/h1-8H,(H2,18,19,20). The van der Waals surface area contributed by atoms with Crippen molar-refractivity contribution < 1.29 is 9.18 Å². The molecule has 0 spiro atoms. The number of aromatic nitrogens is 3. The molecule has 0 unspecified atom stereocenters. The Hall–Kier alpha value is -2.73. The second-order valence-corrected chi connectivity index (χ2v) is 4.96. The van der Waals surface area contributed by atoms with Gasteiger partial charge in [-0.3, -0.25) is 4.79 Å². The fourth-order valence-electron chi connectivity index (χ4n) is 1.91. The summed E-state index contributed by atoms with van der Waals surface area (Å²) in [5.41, 5.74) is 6.69. The highest BCUT2D eigenvalue weighted by atomic mass is 35.5. The van der Waals surface area contributed by atoms with Crippen LogP contribution in [0.5, 0.6) is 0 Å². The third-order valence-electron chi connectivity index (χ3n) is 3.02. The van der Waals surface area contributed by atoms with Gasteiger partial charge in [-0.05, 0) is 48.5 Å². The molecule has 110 valence electrons. The number of nitrogens with two attached hydrogens (primary N) is 1. The Balaban J connectivity index is 1.97. The zero-order valence-corrected chi connectivity index (χ0v) is 12.0. The highest BCUT2D eigenvalue weighted by molar-refractivity contribution is 6.30. The van der Waals surface area contributed by atoms with Crippen LogP contribution in [-0.2, 0) is 0 Å². The summed E-state index contributed by atoms with van der Waals surface area (Å²) in [5, 5.41) is 4.68. The van der Waals surface area contributed by atoms with Crippen molar-refractivity contribution in [2.75, 3.05) is 5.73 Å². The lowest BCUT2D eigenvalue weighted by Crippen LogP contribution is -2.16. The first-order valence-electron chi connectivity index (χ1n) is 6.33. The van der Waals surface area contributed by atoms with Crippen molar-refractivity contribution in [3.8, 4) is 11.4 Å². The minimum atomic E-state index is -0.481. The van der Waals surface area contributed by atoms with Gasteiger partial charge in [-0.15, -0.1) is 5.10 Å². The van der Waals surface area contributed by atoms with Gasteiger partial charge in [0.05, 0.1) is 0 Å². The summed E-state index contributed by atoms with van der Waals surface area (Å²) in [6, 6.07) is 11.9. The van der Waals surface area contributed by atoms with E-state index in [0.29, 0.717) is 16.4 Å². The summed E-state index contributed by atoms with van der Waals surface area (Å²) in [4.78, 5) is 16.4. The monoisotopic (exact) mass is 316 g/mol. The molecule has 3 rings (SSSR count). The van der Waals surface area contributed by atoms with Crippen LogP contribution in [0, 0.1) is 5.82 Å². The Morgan fingerprint density at radius 1 is 1.09 bits per heavy atom.